The van der Waals surface area contributed by atoms with Gasteiger partial charge >= 0.3 is 0 Å². The monoisotopic (exact) mass is 407 g/mol. The van der Waals surface area contributed by atoms with Gasteiger partial charge in [-0.1, -0.05) is 41.9 Å². The van der Waals surface area contributed by atoms with Crippen LogP contribution in [0.3, 0.4) is 0 Å². The van der Waals surface area contributed by atoms with Crippen molar-refractivity contribution in [3.05, 3.63) is 94.0 Å². The van der Waals surface area contributed by atoms with E-state index in [2.05, 4.69) is 0 Å². The van der Waals surface area contributed by atoms with E-state index in [0.717, 1.165) is 23.1 Å². The summed E-state index contributed by atoms with van der Waals surface area (Å²) < 4.78 is 11.0. The van der Waals surface area contributed by atoms with E-state index in [0.29, 0.717) is 28.6 Å². The van der Waals surface area contributed by atoms with E-state index in [1.807, 2.05) is 71.6 Å². The highest BCUT2D eigenvalue weighted by molar-refractivity contribution is 6.30. The summed E-state index contributed by atoms with van der Waals surface area (Å²) in [4.78, 5) is 15.3. The van der Waals surface area contributed by atoms with Crippen LogP contribution < -0.4 is 9.47 Å². The zero-order valence-electron chi connectivity index (χ0n) is 16.4. The number of hydrogen-bond donors (Lipinski definition) is 0. The van der Waals surface area contributed by atoms with Crippen molar-refractivity contribution in [3.63, 3.8) is 0 Å². The number of halogens is 1. The molecule has 0 aromatic heterocycles. The minimum Gasteiger partial charge on any atom is -0.493 e. The molecule has 0 radical (unpaired) electrons. The van der Waals surface area contributed by atoms with Gasteiger partial charge in [0.15, 0.2) is 11.5 Å². The number of rotatable bonds is 4. The second-order valence-electron chi connectivity index (χ2n) is 6.98. The molecule has 29 heavy (non-hydrogen) atoms. The number of ether oxygens (including phenoxy) is 2. The first-order chi connectivity index (χ1) is 14.1. The molecule has 0 bridgehead atoms. The molecule has 0 aliphatic carbocycles. The number of amides is 1. The van der Waals surface area contributed by atoms with Crippen LogP contribution in [0, 0.1) is 0 Å². The molecule has 1 heterocycles. The van der Waals surface area contributed by atoms with E-state index in [1.54, 1.807) is 14.2 Å². The van der Waals surface area contributed by atoms with Crippen molar-refractivity contribution in [2.24, 2.45) is 0 Å². The van der Waals surface area contributed by atoms with Crippen LogP contribution in [-0.4, -0.2) is 31.6 Å². The van der Waals surface area contributed by atoms with Gasteiger partial charge in [0.05, 0.1) is 20.3 Å². The lowest BCUT2D eigenvalue weighted by Gasteiger charge is -2.38. The zero-order chi connectivity index (χ0) is 20.4. The van der Waals surface area contributed by atoms with Crippen LogP contribution in [0.5, 0.6) is 11.5 Å². The summed E-state index contributed by atoms with van der Waals surface area (Å²) in [6.45, 7) is 0.605. The van der Waals surface area contributed by atoms with Gasteiger partial charge in [-0.2, -0.15) is 0 Å². The van der Waals surface area contributed by atoms with Crippen molar-refractivity contribution in [1.29, 1.82) is 0 Å². The Morgan fingerprint density at radius 2 is 1.69 bits per heavy atom. The lowest BCUT2D eigenvalue weighted by molar-refractivity contribution is 0.0694. The van der Waals surface area contributed by atoms with Gasteiger partial charge in [0, 0.05) is 17.1 Å². The quantitative estimate of drug-likeness (QED) is 0.600. The molecule has 0 unspecified atom stereocenters. The van der Waals surface area contributed by atoms with Crippen molar-refractivity contribution >= 4 is 17.5 Å². The van der Waals surface area contributed by atoms with E-state index in [9.17, 15) is 4.79 Å². The van der Waals surface area contributed by atoms with Crippen molar-refractivity contribution in [2.75, 3.05) is 20.8 Å². The zero-order valence-corrected chi connectivity index (χ0v) is 17.1. The number of benzene rings is 3. The molecule has 0 fully saturated rings. The van der Waals surface area contributed by atoms with Crippen LogP contribution in [0.1, 0.15) is 33.1 Å². The Kier molecular flexibility index (Phi) is 5.45. The summed E-state index contributed by atoms with van der Waals surface area (Å²) >= 11 is 6.29. The summed E-state index contributed by atoms with van der Waals surface area (Å²) in [6.07, 6.45) is 0.741. The van der Waals surface area contributed by atoms with Gasteiger partial charge in [-0.15, -0.1) is 0 Å². The van der Waals surface area contributed by atoms with E-state index in [-0.39, 0.29) is 11.9 Å². The Labute approximate surface area is 175 Å². The fourth-order valence-electron chi connectivity index (χ4n) is 3.95. The maximum absolute atomic E-state index is 13.4. The fourth-order valence-corrected chi connectivity index (χ4v) is 4.15. The molecule has 1 aliphatic heterocycles. The van der Waals surface area contributed by atoms with Crippen LogP contribution in [0.15, 0.2) is 66.7 Å². The molecule has 5 heteroatoms. The van der Waals surface area contributed by atoms with Crippen LogP contribution in [0.25, 0.3) is 0 Å². The number of fused-ring (bicyclic) bond motifs is 1. The minimum absolute atomic E-state index is 0.00369. The highest BCUT2D eigenvalue weighted by Gasteiger charge is 2.33. The maximum Gasteiger partial charge on any atom is 0.254 e. The topological polar surface area (TPSA) is 38.8 Å². The highest BCUT2D eigenvalue weighted by Crippen LogP contribution is 2.41. The van der Waals surface area contributed by atoms with Crippen molar-refractivity contribution in [3.8, 4) is 11.5 Å². The SMILES string of the molecule is COc1cc2c(cc1OC)[C@@H](c1cccc(Cl)c1)N(C(=O)c1ccccc1)CC2. The summed E-state index contributed by atoms with van der Waals surface area (Å²) in [6, 6.07) is 20.8. The van der Waals surface area contributed by atoms with Crippen molar-refractivity contribution in [1.82, 2.24) is 4.90 Å². The molecule has 0 saturated carbocycles. The number of carbonyl (C=O) groups is 1. The molecule has 0 N–H and O–H groups in total. The Morgan fingerprint density at radius 3 is 2.38 bits per heavy atom. The molecule has 1 atom stereocenters. The summed E-state index contributed by atoms with van der Waals surface area (Å²) in [7, 11) is 3.25. The smallest absolute Gasteiger partial charge is 0.254 e. The van der Waals surface area contributed by atoms with Crippen molar-refractivity contribution < 1.29 is 14.3 Å². The molecule has 0 spiro atoms. The Bertz CT molecular complexity index is 1040. The predicted octanol–water partition coefficient (Wildman–Crippen LogP) is 5.15. The number of hydrogen-bond acceptors (Lipinski definition) is 3. The van der Waals surface area contributed by atoms with Gasteiger partial charge in [-0.3, -0.25) is 4.79 Å². The largest absolute Gasteiger partial charge is 0.493 e. The maximum atomic E-state index is 13.4. The van der Waals surface area contributed by atoms with E-state index in [4.69, 9.17) is 21.1 Å². The third-order valence-electron chi connectivity index (χ3n) is 5.32. The molecule has 0 saturated heterocycles. The van der Waals surface area contributed by atoms with Crippen molar-refractivity contribution in [2.45, 2.75) is 12.5 Å². The van der Waals surface area contributed by atoms with Gasteiger partial charge in [-0.05, 0) is 59.5 Å². The van der Waals surface area contributed by atoms with Crippen LogP contribution >= 0.6 is 11.6 Å². The predicted molar refractivity (Wildman–Crippen MR) is 114 cm³/mol. The Morgan fingerprint density at radius 1 is 0.966 bits per heavy atom. The van der Waals surface area contributed by atoms with Crippen LogP contribution in [-0.2, 0) is 6.42 Å². The molecule has 4 rings (SSSR count). The van der Waals surface area contributed by atoms with Gasteiger partial charge in [0.1, 0.15) is 0 Å². The molecular formula is C24H22ClNO3. The second kappa shape index (κ2) is 8.18. The molecule has 3 aromatic carbocycles. The Balaban J connectivity index is 1.86. The molecule has 148 valence electrons. The highest BCUT2D eigenvalue weighted by atomic mass is 35.5. The third-order valence-corrected chi connectivity index (χ3v) is 5.55. The van der Waals surface area contributed by atoms with Gasteiger partial charge in [0.25, 0.3) is 5.91 Å². The number of nitrogens with zero attached hydrogens (tertiary/aromatic N) is 1. The molecule has 4 nitrogen and oxygen atoms in total. The van der Waals surface area contributed by atoms with E-state index < -0.39 is 0 Å². The van der Waals surface area contributed by atoms with Crippen LogP contribution in [0.4, 0.5) is 0 Å². The average molecular weight is 408 g/mol. The summed E-state index contributed by atoms with van der Waals surface area (Å²) in [5, 5.41) is 0.641. The van der Waals surface area contributed by atoms with Gasteiger partial charge < -0.3 is 14.4 Å². The van der Waals surface area contributed by atoms with E-state index >= 15 is 0 Å². The van der Waals surface area contributed by atoms with Gasteiger partial charge in [-0.25, -0.2) is 0 Å². The molecule has 1 aliphatic rings. The number of carbonyl (C=O) groups excluding carboxylic acids is 1. The average Bonchev–Trinajstić information content (AvgIpc) is 2.77. The van der Waals surface area contributed by atoms with Gasteiger partial charge in [0.2, 0.25) is 0 Å². The lowest BCUT2D eigenvalue weighted by Crippen LogP contribution is -2.40. The Hall–Kier alpha value is -2.98. The molecular weight excluding hydrogens is 386 g/mol. The minimum atomic E-state index is -0.259. The summed E-state index contributed by atoms with van der Waals surface area (Å²) in [5.41, 5.74) is 3.81. The number of methoxy groups -OCH3 is 2. The summed E-state index contributed by atoms with van der Waals surface area (Å²) in [5.74, 6) is 1.34. The third kappa shape index (κ3) is 3.68. The molecule has 3 aromatic rings. The fraction of sp³-hybridized carbons (Fsp3) is 0.208. The first kappa shape index (κ1) is 19.3. The first-order valence-electron chi connectivity index (χ1n) is 9.48. The second-order valence-corrected chi connectivity index (χ2v) is 7.41. The molecule has 1 amide bonds. The lowest BCUT2D eigenvalue weighted by atomic mass is 9.87. The standard InChI is InChI=1S/C24H22ClNO3/c1-28-21-14-17-11-12-26(24(27)16-7-4-3-5-8-16)23(20(17)15-22(21)29-2)18-9-6-10-19(25)13-18/h3-10,13-15,23H,11-12H2,1-2H3/t23-/m1/s1. The van der Waals surface area contributed by atoms with Crippen LogP contribution in [0.2, 0.25) is 5.02 Å². The normalized spacial score (nSPS) is 15.6. The first-order valence-corrected chi connectivity index (χ1v) is 9.86. The van der Waals surface area contributed by atoms with E-state index in [1.165, 1.54) is 0 Å².